The van der Waals surface area contributed by atoms with E-state index in [1.807, 2.05) is 6.92 Å². The zero-order valence-electron chi connectivity index (χ0n) is 16.0. The van der Waals surface area contributed by atoms with Gasteiger partial charge in [0.05, 0.1) is 5.75 Å². The molecule has 0 bridgehead atoms. The number of sulfone groups is 1. The first-order valence-electron chi connectivity index (χ1n) is 9.10. The van der Waals surface area contributed by atoms with E-state index in [0.717, 1.165) is 31.9 Å². The summed E-state index contributed by atoms with van der Waals surface area (Å²) in [7, 11) is -2.89. The van der Waals surface area contributed by atoms with Gasteiger partial charge in [-0.3, -0.25) is 4.99 Å². The van der Waals surface area contributed by atoms with E-state index in [0.29, 0.717) is 18.9 Å². The molecule has 0 aliphatic carbocycles. The molecule has 0 unspecified atom stereocenters. The maximum Gasteiger partial charge on any atom is 0.191 e. The summed E-state index contributed by atoms with van der Waals surface area (Å²) in [5.74, 6) is 1.52. The van der Waals surface area contributed by atoms with Crippen molar-refractivity contribution < 1.29 is 8.42 Å². The van der Waals surface area contributed by atoms with E-state index < -0.39 is 9.84 Å². The molecule has 0 aliphatic heterocycles. The van der Waals surface area contributed by atoms with Gasteiger partial charge in [-0.05, 0) is 43.2 Å². The molecule has 5 nitrogen and oxygen atoms in total. The van der Waals surface area contributed by atoms with E-state index >= 15 is 0 Å². The van der Waals surface area contributed by atoms with E-state index in [-0.39, 0.29) is 5.75 Å². The summed E-state index contributed by atoms with van der Waals surface area (Å²) in [5, 5.41) is 6.37. The maximum absolute atomic E-state index is 11.1. The van der Waals surface area contributed by atoms with Crippen molar-refractivity contribution in [2.24, 2.45) is 4.99 Å². The van der Waals surface area contributed by atoms with Crippen molar-refractivity contribution in [3.63, 3.8) is 0 Å². The third kappa shape index (κ3) is 10.1. The molecule has 1 aromatic carbocycles. The zero-order valence-corrected chi connectivity index (χ0v) is 16.8. The lowest BCUT2D eigenvalue weighted by molar-refractivity contribution is 0.598. The van der Waals surface area contributed by atoms with Crippen LogP contribution in [0.15, 0.2) is 29.3 Å². The van der Waals surface area contributed by atoms with Crippen LogP contribution in [0.3, 0.4) is 0 Å². The van der Waals surface area contributed by atoms with Gasteiger partial charge < -0.3 is 10.6 Å². The summed E-state index contributed by atoms with van der Waals surface area (Å²) in [5.41, 5.74) is 2.71. The minimum absolute atomic E-state index is 0.200. The Morgan fingerprint density at radius 2 is 1.80 bits per heavy atom. The largest absolute Gasteiger partial charge is 0.357 e. The van der Waals surface area contributed by atoms with Crippen molar-refractivity contribution in [1.82, 2.24) is 10.6 Å². The van der Waals surface area contributed by atoms with Gasteiger partial charge in [0.1, 0.15) is 9.84 Å². The lowest BCUT2D eigenvalue weighted by atomic mass is 10.0. The lowest BCUT2D eigenvalue weighted by Gasteiger charge is -2.11. The molecule has 2 N–H and O–H groups in total. The van der Waals surface area contributed by atoms with E-state index in [1.54, 1.807) is 0 Å². The van der Waals surface area contributed by atoms with Gasteiger partial charge in [-0.1, -0.05) is 38.1 Å². The highest BCUT2D eigenvalue weighted by Crippen LogP contribution is 2.15. The first kappa shape index (κ1) is 21.5. The molecule has 0 fully saturated rings. The Morgan fingerprint density at radius 3 is 2.36 bits per heavy atom. The summed E-state index contributed by atoms with van der Waals surface area (Å²) in [6.07, 6.45) is 3.85. The van der Waals surface area contributed by atoms with Crippen LogP contribution < -0.4 is 10.6 Å². The predicted molar refractivity (Wildman–Crippen MR) is 107 cm³/mol. The van der Waals surface area contributed by atoms with Crippen LogP contribution >= 0.6 is 0 Å². The number of guanidine groups is 1. The number of benzene rings is 1. The van der Waals surface area contributed by atoms with Crippen molar-refractivity contribution in [3.05, 3.63) is 35.4 Å². The van der Waals surface area contributed by atoms with E-state index in [2.05, 4.69) is 53.7 Å². The number of nitrogens with zero attached hydrogens (tertiary/aromatic N) is 1. The molecule has 0 saturated heterocycles. The summed E-state index contributed by atoms with van der Waals surface area (Å²) in [4.78, 5) is 4.55. The van der Waals surface area contributed by atoms with Gasteiger partial charge in [-0.2, -0.15) is 0 Å². The summed E-state index contributed by atoms with van der Waals surface area (Å²) in [6, 6.07) is 8.81. The number of hydrogen-bond donors (Lipinski definition) is 2. The van der Waals surface area contributed by atoms with Crippen molar-refractivity contribution in [2.75, 3.05) is 31.6 Å². The second-order valence-corrected chi connectivity index (χ2v) is 8.93. The molecular formula is C19H33N3O2S. The minimum atomic E-state index is -2.89. The van der Waals surface area contributed by atoms with E-state index in [4.69, 9.17) is 0 Å². The topological polar surface area (TPSA) is 70.6 Å². The fourth-order valence-electron chi connectivity index (χ4n) is 2.43. The Labute approximate surface area is 153 Å². The number of rotatable bonds is 10. The maximum atomic E-state index is 11.1. The lowest BCUT2D eigenvalue weighted by Crippen LogP contribution is -2.38. The zero-order chi connectivity index (χ0) is 18.7. The second kappa shape index (κ2) is 11.1. The molecule has 0 heterocycles. The molecular weight excluding hydrogens is 334 g/mol. The van der Waals surface area contributed by atoms with Gasteiger partial charge >= 0.3 is 0 Å². The van der Waals surface area contributed by atoms with Crippen LogP contribution in [-0.4, -0.2) is 46.0 Å². The average molecular weight is 368 g/mol. The SMILES string of the molecule is CCNC(=NCCCc1ccc(C(C)C)cc1)NCCCS(C)(=O)=O. The van der Waals surface area contributed by atoms with Gasteiger partial charge in [0.15, 0.2) is 5.96 Å². The molecule has 25 heavy (non-hydrogen) atoms. The molecule has 0 amide bonds. The highest BCUT2D eigenvalue weighted by molar-refractivity contribution is 7.90. The fourth-order valence-corrected chi connectivity index (χ4v) is 3.09. The average Bonchev–Trinajstić information content (AvgIpc) is 2.55. The first-order chi connectivity index (χ1) is 11.8. The predicted octanol–water partition coefficient (Wildman–Crippen LogP) is 2.73. The van der Waals surface area contributed by atoms with Gasteiger partial charge in [-0.25, -0.2) is 8.42 Å². The summed E-state index contributed by atoms with van der Waals surface area (Å²) >= 11 is 0. The molecule has 6 heteroatoms. The molecule has 0 radical (unpaired) electrons. The standard InChI is InChI=1S/C19H33N3O2S/c1-5-20-19(22-14-7-15-25(4,23)24)21-13-6-8-17-9-11-18(12-10-17)16(2)3/h9-12,16H,5-8,13-15H2,1-4H3,(H2,20,21,22). The Bertz CT molecular complexity index is 623. The van der Waals surface area contributed by atoms with Crippen molar-refractivity contribution in [1.29, 1.82) is 0 Å². The molecule has 0 spiro atoms. The number of hydrogen-bond acceptors (Lipinski definition) is 3. The Morgan fingerprint density at radius 1 is 1.12 bits per heavy atom. The van der Waals surface area contributed by atoms with Crippen LogP contribution in [0.2, 0.25) is 0 Å². The van der Waals surface area contributed by atoms with Crippen LogP contribution in [0.5, 0.6) is 0 Å². The smallest absolute Gasteiger partial charge is 0.191 e. The molecule has 1 rings (SSSR count). The normalized spacial score (nSPS) is 12.4. The highest BCUT2D eigenvalue weighted by Gasteiger charge is 2.03. The molecule has 0 saturated carbocycles. The van der Waals surface area contributed by atoms with Gasteiger partial charge in [0.25, 0.3) is 0 Å². The van der Waals surface area contributed by atoms with Crippen LogP contribution in [0.4, 0.5) is 0 Å². The molecule has 0 aromatic heterocycles. The third-order valence-corrected chi connectivity index (χ3v) is 4.90. The molecule has 142 valence electrons. The quantitative estimate of drug-likeness (QED) is 0.379. The van der Waals surface area contributed by atoms with Crippen molar-refractivity contribution in [3.8, 4) is 0 Å². The highest BCUT2D eigenvalue weighted by atomic mass is 32.2. The number of aliphatic imine (C=N–C) groups is 1. The van der Waals surface area contributed by atoms with E-state index in [1.165, 1.54) is 17.4 Å². The van der Waals surface area contributed by atoms with Crippen LogP contribution in [0, 0.1) is 0 Å². The van der Waals surface area contributed by atoms with Crippen LogP contribution in [-0.2, 0) is 16.3 Å². The summed E-state index contributed by atoms with van der Waals surface area (Å²) in [6.45, 7) is 8.56. The monoisotopic (exact) mass is 367 g/mol. The molecule has 0 atom stereocenters. The van der Waals surface area contributed by atoms with E-state index in [9.17, 15) is 8.42 Å². The Kier molecular flexibility index (Phi) is 9.57. The molecule has 0 aliphatic rings. The Hall–Kier alpha value is -1.56. The fraction of sp³-hybridized carbons (Fsp3) is 0.632. The summed E-state index contributed by atoms with van der Waals surface area (Å²) < 4.78 is 22.3. The van der Waals surface area contributed by atoms with Gasteiger partial charge in [-0.15, -0.1) is 0 Å². The van der Waals surface area contributed by atoms with Crippen molar-refractivity contribution in [2.45, 2.75) is 46.0 Å². The Balaban J connectivity index is 2.36. The molecule has 1 aromatic rings. The second-order valence-electron chi connectivity index (χ2n) is 6.67. The number of aryl methyl sites for hydroxylation is 1. The van der Waals surface area contributed by atoms with Crippen LogP contribution in [0.1, 0.15) is 50.7 Å². The first-order valence-corrected chi connectivity index (χ1v) is 11.2. The van der Waals surface area contributed by atoms with Crippen LogP contribution in [0.25, 0.3) is 0 Å². The third-order valence-electron chi connectivity index (χ3n) is 3.87. The van der Waals surface area contributed by atoms with Gasteiger partial charge in [0.2, 0.25) is 0 Å². The minimum Gasteiger partial charge on any atom is -0.357 e. The van der Waals surface area contributed by atoms with Crippen molar-refractivity contribution >= 4 is 15.8 Å². The van der Waals surface area contributed by atoms with Gasteiger partial charge in [0, 0.05) is 25.9 Å². The number of nitrogens with one attached hydrogen (secondary N) is 2.